The zero-order valence-corrected chi connectivity index (χ0v) is 12.1. The van der Waals surface area contributed by atoms with E-state index in [9.17, 15) is 0 Å². The van der Waals surface area contributed by atoms with E-state index >= 15 is 0 Å². The molecular formula is C18H22N2. The fraction of sp³-hybridized carbons (Fsp3) is 0.556. The van der Waals surface area contributed by atoms with Crippen LogP contribution in [-0.4, -0.2) is 30.1 Å². The second-order valence-electron chi connectivity index (χ2n) is 6.98. The Morgan fingerprint density at radius 3 is 3.10 bits per heavy atom. The molecule has 3 aliphatic heterocycles. The van der Waals surface area contributed by atoms with Crippen LogP contribution in [-0.2, 0) is 5.41 Å². The smallest absolute Gasteiger partial charge is 0.0428 e. The highest BCUT2D eigenvalue weighted by molar-refractivity contribution is 5.65. The third-order valence-electron chi connectivity index (χ3n) is 6.45. The van der Waals surface area contributed by atoms with Gasteiger partial charge in [0.15, 0.2) is 0 Å². The molecule has 1 aliphatic carbocycles. The molecule has 0 unspecified atom stereocenters. The quantitative estimate of drug-likeness (QED) is 0.726. The highest BCUT2D eigenvalue weighted by atomic mass is 15.2. The fourth-order valence-corrected chi connectivity index (χ4v) is 5.75. The summed E-state index contributed by atoms with van der Waals surface area (Å²) >= 11 is 0. The Labute approximate surface area is 120 Å². The van der Waals surface area contributed by atoms with Crippen LogP contribution in [0.25, 0.3) is 0 Å². The summed E-state index contributed by atoms with van der Waals surface area (Å²) in [5.41, 5.74) is 5.10. The van der Waals surface area contributed by atoms with Gasteiger partial charge in [0.05, 0.1) is 0 Å². The van der Waals surface area contributed by atoms with Crippen molar-refractivity contribution in [3.8, 4) is 0 Å². The van der Waals surface area contributed by atoms with Gasteiger partial charge in [-0.2, -0.15) is 0 Å². The number of para-hydroxylation sites is 1. The van der Waals surface area contributed by atoms with Crippen molar-refractivity contribution in [2.24, 2.45) is 5.92 Å². The van der Waals surface area contributed by atoms with Crippen LogP contribution in [0.5, 0.6) is 0 Å². The summed E-state index contributed by atoms with van der Waals surface area (Å²) in [5.74, 6) is 0.819. The SMILES string of the molecule is C/C=C1\[C@H]2CCN3CC[C@@]4(c5ccccc5N[C@@H]4C2)[C@H]13. The van der Waals surface area contributed by atoms with Gasteiger partial charge in [0.25, 0.3) is 0 Å². The second kappa shape index (κ2) is 3.67. The average molecular weight is 266 g/mol. The number of hydrogen-bond acceptors (Lipinski definition) is 2. The van der Waals surface area contributed by atoms with Crippen LogP contribution in [0.4, 0.5) is 5.69 Å². The van der Waals surface area contributed by atoms with Crippen molar-refractivity contribution in [2.75, 3.05) is 18.4 Å². The third-order valence-corrected chi connectivity index (χ3v) is 6.45. The van der Waals surface area contributed by atoms with Crippen molar-refractivity contribution in [1.82, 2.24) is 4.90 Å². The van der Waals surface area contributed by atoms with Gasteiger partial charge < -0.3 is 5.32 Å². The third kappa shape index (κ3) is 1.12. The predicted molar refractivity (Wildman–Crippen MR) is 82.0 cm³/mol. The molecular weight excluding hydrogens is 244 g/mol. The van der Waals surface area contributed by atoms with Gasteiger partial charge in [-0.3, -0.25) is 4.90 Å². The summed E-state index contributed by atoms with van der Waals surface area (Å²) in [6, 6.07) is 10.4. The standard InChI is InChI=1S/C18H22N2/c1-2-13-12-7-9-20-10-8-18(17(13)20)14-5-3-4-6-15(14)19-16(18)11-12/h2-6,12,16-17,19H,7-11H2,1H3/b13-2+/t12-,16+,17-,18-/m0/s1. The first-order valence-corrected chi connectivity index (χ1v) is 8.11. The molecule has 1 aromatic rings. The lowest BCUT2D eigenvalue weighted by Crippen LogP contribution is -2.58. The van der Waals surface area contributed by atoms with Crippen LogP contribution < -0.4 is 5.32 Å². The van der Waals surface area contributed by atoms with Crippen LogP contribution in [0.15, 0.2) is 35.9 Å². The van der Waals surface area contributed by atoms with E-state index < -0.39 is 0 Å². The number of piperidine rings is 1. The van der Waals surface area contributed by atoms with Gasteiger partial charge in [-0.25, -0.2) is 0 Å². The highest BCUT2D eigenvalue weighted by Gasteiger charge is 2.62. The fourth-order valence-electron chi connectivity index (χ4n) is 5.75. The molecule has 0 aromatic heterocycles. The number of hydrogen-bond donors (Lipinski definition) is 1. The highest BCUT2D eigenvalue weighted by Crippen LogP contribution is 2.60. The largest absolute Gasteiger partial charge is 0.381 e. The molecule has 2 saturated heterocycles. The number of fused-ring (bicyclic) bond motifs is 2. The van der Waals surface area contributed by atoms with Crippen molar-refractivity contribution in [1.29, 1.82) is 0 Å². The predicted octanol–water partition coefficient (Wildman–Crippen LogP) is 3.16. The Morgan fingerprint density at radius 2 is 2.20 bits per heavy atom. The maximum absolute atomic E-state index is 3.87. The summed E-state index contributed by atoms with van der Waals surface area (Å²) in [5, 5.41) is 3.87. The first-order valence-electron chi connectivity index (χ1n) is 8.11. The van der Waals surface area contributed by atoms with Crippen LogP contribution >= 0.6 is 0 Å². The van der Waals surface area contributed by atoms with Crippen molar-refractivity contribution < 1.29 is 0 Å². The summed E-state index contributed by atoms with van der Waals surface area (Å²) in [6.45, 7) is 4.84. The second-order valence-corrected chi connectivity index (χ2v) is 6.98. The average Bonchev–Trinajstić information content (AvgIpc) is 3.03. The number of rotatable bonds is 0. The molecule has 104 valence electrons. The molecule has 2 bridgehead atoms. The van der Waals surface area contributed by atoms with Crippen LogP contribution in [0, 0.1) is 5.92 Å². The Bertz CT molecular complexity index is 605. The molecule has 0 amide bonds. The number of benzene rings is 1. The number of nitrogens with one attached hydrogen (secondary N) is 1. The van der Waals surface area contributed by atoms with Gasteiger partial charge in [-0.15, -0.1) is 0 Å². The van der Waals surface area contributed by atoms with Gasteiger partial charge in [-0.05, 0) is 56.8 Å². The molecule has 2 nitrogen and oxygen atoms in total. The molecule has 0 radical (unpaired) electrons. The van der Waals surface area contributed by atoms with Gasteiger partial charge in [-0.1, -0.05) is 29.8 Å². The van der Waals surface area contributed by atoms with E-state index in [1.807, 2.05) is 0 Å². The van der Waals surface area contributed by atoms with E-state index in [2.05, 4.69) is 47.5 Å². The lowest BCUT2D eigenvalue weighted by molar-refractivity contribution is 0.124. The van der Waals surface area contributed by atoms with Gasteiger partial charge in [0.1, 0.15) is 0 Å². The Hall–Kier alpha value is -1.28. The Balaban J connectivity index is 1.76. The van der Waals surface area contributed by atoms with E-state index in [0.717, 1.165) is 5.92 Å². The molecule has 3 fully saturated rings. The van der Waals surface area contributed by atoms with Crippen molar-refractivity contribution >= 4 is 5.69 Å². The number of allylic oxidation sites excluding steroid dienone is 1. The minimum atomic E-state index is 0.357. The monoisotopic (exact) mass is 266 g/mol. The lowest BCUT2D eigenvalue weighted by Gasteiger charge is -2.52. The van der Waals surface area contributed by atoms with Crippen molar-refractivity contribution in [3.05, 3.63) is 41.5 Å². The molecule has 5 rings (SSSR count). The van der Waals surface area contributed by atoms with E-state index in [1.165, 1.54) is 38.0 Å². The first-order chi connectivity index (χ1) is 9.84. The summed E-state index contributed by atoms with van der Waals surface area (Å²) in [4.78, 5) is 2.77. The van der Waals surface area contributed by atoms with Crippen LogP contribution in [0.1, 0.15) is 31.7 Å². The normalized spacial score (nSPS) is 43.2. The minimum absolute atomic E-state index is 0.357. The van der Waals surface area contributed by atoms with Crippen LogP contribution in [0.3, 0.4) is 0 Å². The molecule has 1 aromatic carbocycles. The molecule has 4 aliphatic rings. The molecule has 2 heteroatoms. The minimum Gasteiger partial charge on any atom is -0.381 e. The zero-order chi connectivity index (χ0) is 13.3. The molecule has 3 heterocycles. The van der Waals surface area contributed by atoms with E-state index in [4.69, 9.17) is 0 Å². The first kappa shape index (κ1) is 11.4. The maximum Gasteiger partial charge on any atom is 0.0428 e. The Morgan fingerprint density at radius 1 is 1.30 bits per heavy atom. The molecule has 1 saturated carbocycles. The lowest BCUT2D eigenvalue weighted by atomic mass is 9.58. The van der Waals surface area contributed by atoms with E-state index in [0.29, 0.717) is 17.5 Å². The maximum atomic E-state index is 3.87. The van der Waals surface area contributed by atoms with Crippen LogP contribution in [0.2, 0.25) is 0 Å². The molecule has 4 atom stereocenters. The number of nitrogens with zero attached hydrogens (tertiary/aromatic N) is 1. The number of anilines is 1. The van der Waals surface area contributed by atoms with Crippen molar-refractivity contribution in [2.45, 2.75) is 43.7 Å². The van der Waals surface area contributed by atoms with Gasteiger partial charge in [0, 0.05) is 23.2 Å². The topological polar surface area (TPSA) is 15.3 Å². The summed E-state index contributed by atoms with van der Waals surface area (Å²) in [7, 11) is 0. The zero-order valence-electron chi connectivity index (χ0n) is 12.1. The van der Waals surface area contributed by atoms with Crippen molar-refractivity contribution in [3.63, 3.8) is 0 Å². The molecule has 20 heavy (non-hydrogen) atoms. The molecule has 1 N–H and O–H groups in total. The van der Waals surface area contributed by atoms with Gasteiger partial charge in [0.2, 0.25) is 0 Å². The van der Waals surface area contributed by atoms with E-state index in [1.54, 1.807) is 11.1 Å². The summed E-state index contributed by atoms with van der Waals surface area (Å²) < 4.78 is 0. The summed E-state index contributed by atoms with van der Waals surface area (Å²) in [6.07, 6.45) is 6.46. The van der Waals surface area contributed by atoms with E-state index in [-0.39, 0.29) is 0 Å². The van der Waals surface area contributed by atoms with Gasteiger partial charge >= 0.3 is 0 Å². The Kier molecular flexibility index (Phi) is 2.09. The molecule has 1 spiro atoms.